The molecule has 1 atom stereocenters. The third-order valence-corrected chi connectivity index (χ3v) is 2.91. The van der Waals surface area contributed by atoms with Gasteiger partial charge in [-0.15, -0.1) is 0 Å². The van der Waals surface area contributed by atoms with E-state index in [0.29, 0.717) is 11.4 Å². The van der Waals surface area contributed by atoms with Crippen LogP contribution in [0.4, 0.5) is 10.5 Å². The second-order valence-electron chi connectivity index (χ2n) is 5.78. The number of anilines is 1. The van der Waals surface area contributed by atoms with Crippen LogP contribution in [0.25, 0.3) is 0 Å². The zero-order valence-corrected chi connectivity index (χ0v) is 12.2. The fraction of sp³-hybridized carbons (Fsp3) is 0.400. The fourth-order valence-electron chi connectivity index (χ4n) is 1.98. The van der Waals surface area contributed by atoms with Crippen LogP contribution in [0.1, 0.15) is 32.4 Å². The molecule has 2 rings (SSSR count). The first-order valence-corrected chi connectivity index (χ1v) is 6.46. The summed E-state index contributed by atoms with van der Waals surface area (Å²) in [7, 11) is 1.70. The molecule has 0 aliphatic carbocycles. The molecule has 0 fully saturated rings. The van der Waals surface area contributed by atoms with Gasteiger partial charge in [-0.2, -0.15) is 0 Å². The van der Waals surface area contributed by atoms with E-state index in [1.54, 1.807) is 31.5 Å². The third-order valence-electron chi connectivity index (χ3n) is 2.91. The molecule has 1 amide bonds. The minimum absolute atomic E-state index is 0.253. The lowest BCUT2D eigenvalue weighted by atomic mass is 10.0. The predicted octanol–water partition coefficient (Wildman–Crippen LogP) is 3.08. The topological polar surface area (TPSA) is 64.8 Å². The van der Waals surface area contributed by atoms with Crippen LogP contribution in [0.15, 0.2) is 30.5 Å². The number of nitrogen functional groups attached to an aromatic ring is 1. The summed E-state index contributed by atoms with van der Waals surface area (Å²) in [6, 6.07) is 5.12. The number of carbonyl (C=O) groups is 1. The Morgan fingerprint density at radius 3 is 2.75 bits per heavy atom. The molecular weight excluding hydrogens is 256 g/mol. The van der Waals surface area contributed by atoms with Crippen molar-refractivity contribution in [2.45, 2.75) is 32.4 Å². The maximum absolute atomic E-state index is 12.2. The number of amides is 1. The van der Waals surface area contributed by atoms with Crippen LogP contribution in [0.5, 0.6) is 5.75 Å². The maximum atomic E-state index is 12.2. The fourth-order valence-corrected chi connectivity index (χ4v) is 1.98. The molecule has 0 aromatic heterocycles. The second-order valence-corrected chi connectivity index (χ2v) is 5.78. The van der Waals surface area contributed by atoms with E-state index in [4.69, 9.17) is 15.2 Å². The van der Waals surface area contributed by atoms with Crippen LogP contribution in [0, 0.1) is 0 Å². The Labute approximate surface area is 119 Å². The molecule has 108 valence electrons. The average Bonchev–Trinajstić information content (AvgIpc) is 2.35. The molecular formula is C15H20N2O3. The zero-order valence-electron chi connectivity index (χ0n) is 12.2. The number of hydrogen-bond acceptors (Lipinski definition) is 4. The van der Waals surface area contributed by atoms with Crippen molar-refractivity contribution in [3.05, 3.63) is 36.1 Å². The number of ether oxygens (including phenoxy) is 2. The molecule has 1 aliphatic rings. The van der Waals surface area contributed by atoms with Crippen molar-refractivity contribution in [3.8, 4) is 5.75 Å². The summed E-state index contributed by atoms with van der Waals surface area (Å²) in [5.74, 6) is 0.696. The zero-order chi connectivity index (χ0) is 14.9. The van der Waals surface area contributed by atoms with Crippen LogP contribution in [-0.2, 0) is 4.74 Å². The standard InChI is InChI=1S/C15H20N2O3/c1-15(2,3)20-14(18)17(4)12-7-8-19-13-6-5-10(16)9-11(12)13/h5-9,12H,16H2,1-4H3. The number of fused-ring (bicyclic) bond motifs is 1. The van der Waals surface area contributed by atoms with Crippen molar-refractivity contribution in [1.82, 2.24) is 4.90 Å². The Balaban J connectivity index is 2.25. The SMILES string of the molecule is CN(C(=O)OC(C)(C)C)C1C=COc2ccc(N)cc21. The van der Waals surface area contributed by atoms with Gasteiger partial charge in [-0.1, -0.05) is 0 Å². The van der Waals surface area contributed by atoms with Gasteiger partial charge in [-0.25, -0.2) is 4.79 Å². The monoisotopic (exact) mass is 276 g/mol. The first-order chi connectivity index (χ1) is 9.28. The van der Waals surface area contributed by atoms with Crippen LogP contribution >= 0.6 is 0 Å². The smallest absolute Gasteiger partial charge is 0.410 e. The van der Waals surface area contributed by atoms with E-state index < -0.39 is 5.60 Å². The molecule has 0 radical (unpaired) electrons. The first-order valence-electron chi connectivity index (χ1n) is 6.46. The molecule has 0 bridgehead atoms. The Morgan fingerprint density at radius 2 is 2.10 bits per heavy atom. The lowest BCUT2D eigenvalue weighted by Gasteiger charge is -2.31. The predicted molar refractivity (Wildman–Crippen MR) is 77.4 cm³/mol. The van der Waals surface area contributed by atoms with Gasteiger partial charge in [0.2, 0.25) is 0 Å². The lowest BCUT2D eigenvalue weighted by molar-refractivity contribution is 0.0249. The molecule has 20 heavy (non-hydrogen) atoms. The lowest BCUT2D eigenvalue weighted by Crippen LogP contribution is -2.36. The number of nitrogens with two attached hydrogens (primary N) is 1. The molecule has 0 saturated heterocycles. The largest absolute Gasteiger partial charge is 0.465 e. The molecule has 0 spiro atoms. The van der Waals surface area contributed by atoms with Gasteiger partial charge in [-0.05, 0) is 45.0 Å². The van der Waals surface area contributed by atoms with Crippen LogP contribution < -0.4 is 10.5 Å². The van der Waals surface area contributed by atoms with Gasteiger partial charge in [0.1, 0.15) is 11.4 Å². The van der Waals surface area contributed by atoms with E-state index >= 15 is 0 Å². The molecule has 5 nitrogen and oxygen atoms in total. The highest BCUT2D eigenvalue weighted by atomic mass is 16.6. The molecule has 2 N–H and O–H groups in total. The summed E-state index contributed by atoms with van der Waals surface area (Å²) in [4.78, 5) is 13.7. The number of carbonyl (C=O) groups excluding carboxylic acids is 1. The van der Waals surface area contributed by atoms with E-state index in [2.05, 4.69) is 0 Å². The Morgan fingerprint density at radius 1 is 1.40 bits per heavy atom. The molecule has 1 aromatic rings. The molecule has 1 heterocycles. The van der Waals surface area contributed by atoms with Gasteiger partial charge < -0.3 is 20.1 Å². The average molecular weight is 276 g/mol. The summed E-state index contributed by atoms with van der Waals surface area (Å²) in [5.41, 5.74) is 6.76. The van der Waals surface area contributed by atoms with E-state index in [-0.39, 0.29) is 12.1 Å². The highest BCUT2D eigenvalue weighted by molar-refractivity contribution is 5.69. The molecule has 0 saturated carbocycles. The number of hydrogen-bond donors (Lipinski definition) is 1. The number of likely N-dealkylation sites (N-methyl/N-ethyl adjacent to an activating group) is 1. The van der Waals surface area contributed by atoms with E-state index in [1.165, 1.54) is 4.90 Å². The minimum atomic E-state index is -0.529. The Kier molecular flexibility index (Phi) is 3.61. The summed E-state index contributed by atoms with van der Waals surface area (Å²) in [5, 5.41) is 0. The molecule has 1 aromatic carbocycles. The van der Waals surface area contributed by atoms with E-state index in [0.717, 1.165) is 5.56 Å². The van der Waals surface area contributed by atoms with Crippen molar-refractivity contribution >= 4 is 11.8 Å². The van der Waals surface area contributed by atoms with Gasteiger partial charge >= 0.3 is 6.09 Å². The maximum Gasteiger partial charge on any atom is 0.410 e. The summed E-state index contributed by atoms with van der Waals surface area (Å²) >= 11 is 0. The Bertz CT molecular complexity index is 547. The highest BCUT2D eigenvalue weighted by Gasteiger charge is 2.28. The minimum Gasteiger partial charge on any atom is -0.465 e. The number of benzene rings is 1. The van der Waals surface area contributed by atoms with Crippen LogP contribution in [0.2, 0.25) is 0 Å². The number of rotatable bonds is 1. The van der Waals surface area contributed by atoms with Gasteiger partial charge in [-0.3, -0.25) is 0 Å². The first kappa shape index (κ1) is 14.2. The third kappa shape index (κ3) is 3.04. The second kappa shape index (κ2) is 5.07. The van der Waals surface area contributed by atoms with Gasteiger partial charge in [0.15, 0.2) is 0 Å². The molecule has 5 heteroatoms. The van der Waals surface area contributed by atoms with Crippen LogP contribution in [0.3, 0.4) is 0 Å². The summed E-state index contributed by atoms with van der Waals surface area (Å²) in [6.45, 7) is 5.51. The van der Waals surface area contributed by atoms with Crippen molar-refractivity contribution in [3.63, 3.8) is 0 Å². The summed E-state index contributed by atoms with van der Waals surface area (Å²) < 4.78 is 10.8. The van der Waals surface area contributed by atoms with Crippen molar-refractivity contribution in [2.24, 2.45) is 0 Å². The van der Waals surface area contributed by atoms with E-state index in [1.807, 2.05) is 26.8 Å². The highest BCUT2D eigenvalue weighted by Crippen LogP contribution is 2.35. The van der Waals surface area contributed by atoms with Crippen molar-refractivity contribution < 1.29 is 14.3 Å². The number of nitrogens with zero attached hydrogens (tertiary/aromatic N) is 1. The van der Waals surface area contributed by atoms with Gasteiger partial charge in [0.25, 0.3) is 0 Å². The Hall–Kier alpha value is -2.17. The quantitative estimate of drug-likeness (QED) is 0.800. The van der Waals surface area contributed by atoms with Crippen molar-refractivity contribution in [1.29, 1.82) is 0 Å². The molecule has 1 unspecified atom stereocenters. The van der Waals surface area contributed by atoms with Gasteiger partial charge in [0, 0.05) is 18.3 Å². The van der Waals surface area contributed by atoms with Gasteiger partial charge in [0.05, 0.1) is 12.3 Å². The van der Waals surface area contributed by atoms with Crippen molar-refractivity contribution in [2.75, 3.05) is 12.8 Å². The van der Waals surface area contributed by atoms with E-state index in [9.17, 15) is 4.79 Å². The summed E-state index contributed by atoms with van der Waals surface area (Å²) in [6.07, 6.45) is 2.98. The van der Waals surface area contributed by atoms with Crippen LogP contribution in [-0.4, -0.2) is 23.6 Å². The molecule has 1 aliphatic heterocycles. The normalized spacial score (nSPS) is 17.1.